The van der Waals surface area contributed by atoms with Crippen LogP contribution >= 0.6 is 11.6 Å². The molecule has 2 heterocycles. The van der Waals surface area contributed by atoms with E-state index in [-0.39, 0.29) is 5.60 Å². The Morgan fingerprint density at radius 3 is 2.55 bits per heavy atom. The zero-order chi connectivity index (χ0) is 14.9. The number of rotatable bonds is 6. The van der Waals surface area contributed by atoms with Crippen LogP contribution < -0.4 is 0 Å². The van der Waals surface area contributed by atoms with Crippen LogP contribution in [-0.4, -0.2) is 31.5 Å². The monoisotopic (exact) mass is 298 g/mol. The first-order valence-electron chi connectivity index (χ1n) is 7.04. The molecule has 0 saturated carbocycles. The summed E-state index contributed by atoms with van der Waals surface area (Å²) in [5, 5.41) is 4.53. The molecule has 6 heteroatoms. The van der Waals surface area contributed by atoms with Gasteiger partial charge in [0.2, 0.25) is 0 Å². The number of imidazole rings is 1. The Labute approximate surface area is 124 Å². The fourth-order valence-corrected chi connectivity index (χ4v) is 2.81. The maximum atomic E-state index is 6.06. The van der Waals surface area contributed by atoms with Crippen molar-refractivity contribution >= 4 is 22.8 Å². The Morgan fingerprint density at radius 2 is 2.00 bits per heavy atom. The zero-order valence-corrected chi connectivity index (χ0v) is 13.7. The second-order valence-electron chi connectivity index (χ2n) is 5.54. The second kappa shape index (κ2) is 5.74. The number of aromatic nitrogens is 4. The highest BCUT2D eigenvalue weighted by Gasteiger charge is 2.24. The summed E-state index contributed by atoms with van der Waals surface area (Å²) in [6.45, 7) is 9.65. The molecule has 0 spiro atoms. The van der Waals surface area contributed by atoms with E-state index in [1.807, 2.05) is 18.7 Å². The van der Waals surface area contributed by atoms with Crippen LogP contribution in [0.15, 0.2) is 0 Å². The molecule has 0 bridgehead atoms. The molecule has 0 atom stereocenters. The van der Waals surface area contributed by atoms with Gasteiger partial charge in [-0.3, -0.25) is 4.68 Å². The van der Waals surface area contributed by atoms with Gasteiger partial charge in [0.1, 0.15) is 11.3 Å². The van der Waals surface area contributed by atoms with Crippen molar-refractivity contribution in [2.75, 3.05) is 6.61 Å². The van der Waals surface area contributed by atoms with E-state index >= 15 is 0 Å². The number of alkyl halides is 1. The Balaban J connectivity index is 2.53. The van der Waals surface area contributed by atoms with Crippen LogP contribution in [0.4, 0.5) is 0 Å². The van der Waals surface area contributed by atoms with Gasteiger partial charge < -0.3 is 9.30 Å². The van der Waals surface area contributed by atoms with Gasteiger partial charge in [0.15, 0.2) is 5.65 Å². The Kier molecular flexibility index (Phi) is 4.39. The number of hydrogen-bond acceptors (Lipinski definition) is 3. The highest BCUT2D eigenvalue weighted by atomic mass is 35.5. The molecule has 0 saturated heterocycles. The lowest BCUT2D eigenvalue weighted by Crippen LogP contribution is -2.31. The van der Waals surface area contributed by atoms with Crippen LogP contribution in [0.2, 0.25) is 0 Å². The third kappa shape index (κ3) is 2.69. The lowest BCUT2D eigenvalue weighted by Gasteiger charge is -2.26. The summed E-state index contributed by atoms with van der Waals surface area (Å²) >= 11 is 6.06. The van der Waals surface area contributed by atoms with Gasteiger partial charge in [-0.15, -0.1) is 11.6 Å². The molecule has 0 radical (unpaired) electrons. The molecule has 0 aliphatic carbocycles. The van der Waals surface area contributed by atoms with Crippen LogP contribution in [-0.2, 0) is 30.6 Å². The predicted octanol–water partition coefficient (Wildman–Crippen LogP) is 2.89. The first-order chi connectivity index (χ1) is 9.43. The molecule has 0 amide bonds. The van der Waals surface area contributed by atoms with Crippen molar-refractivity contribution in [2.24, 2.45) is 7.05 Å². The van der Waals surface area contributed by atoms with Crippen molar-refractivity contribution in [1.29, 1.82) is 0 Å². The summed E-state index contributed by atoms with van der Waals surface area (Å²) in [5.41, 5.74) is 2.73. The Bertz CT molecular complexity index is 600. The lowest BCUT2D eigenvalue weighted by molar-refractivity contribution is -0.0222. The molecule has 0 aliphatic heterocycles. The quantitative estimate of drug-likeness (QED) is 0.770. The minimum atomic E-state index is -0.264. The van der Waals surface area contributed by atoms with Gasteiger partial charge in [0, 0.05) is 13.7 Å². The van der Waals surface area contributed by atoms with Crippen LogP contribution in [0, 0.1) is 0 Å². The first kappa shape index (κ1) is 15.3. The Hall–Kier alpha value is -1.07. The predicted molar refractivity (Wildman–Crippen MR) is 81.1 cm³/mol. The summed E-state index contributed by atoms with van der Waals surface area (Å²) < 4.78 is 9.82. The number of ether oxygens (including phenoxy) is 1. The van der Waals surface area contributed by atoms with E-state index in [1.165, 1.54) is 0 Å². The van der Waals surface area contributed by atoms with E-state index in [9.17, 15) is 0 Å². The van der Waals surface area contributed by atoms with Crippen LogP contribution in [0.5, 0.6) is 0 Å². The van der Waals surface area contributed by atoms with Crippen molar-refractivity contribution in [3.63, 3.8) is 0 Å². The molecule has 2 aromatic rings. The maximum absolute atomic E-state index is 6.06. The zero-order valence-electron chi connectivity index (χ0n) is 12.9. The van der Waals surface area contributed by atoms with E-state index in [0.717, 1.165) is 29.1 Å². The van der Waals surface area contributed by atoms with Crippen molar-refractivity contribution in [1.82, 2.24) is 19.3 Å². The summed E-state index contributed by atoms with van der Waals surface area (Å²) in [6, 6.07) is 0. The minimum Gasteiger partial charge on any atom is -0.374 e. The number of halogens is 1. The average molecular weight is 299 g/mol. The van der Waals surface area contributed by atoms with Gasteiger partial charge in [0.25, 0.3) is 0 Å². The molecule has 0 aromatic carbocycles. The van der Waals surface area contributed by atoms with E-state index < -0.39 is 0 Å². The van der Waals surface area contributed by atoms with Crippen molar-refractivity contribution in [3.8, 4) is 0 Å². The molecule has 5 nitrogen and oxygen atoms in total. The van der Waals surface area contributed by atoms with E-state index in [1.54, 1.807) is 0 Å². The number of aryl methyl sites for hydroxylation is 2. The minimum absolute atomic E-state index is 0.264. The van der Waals surface area contributed by atoms with E-state index in [2.05, 4.69) is 35.4 Å². The lowest BCUT2D eigenvalue weighted by atomic mass is 10.1. The van der Waals surface area contributed by atoms with Gasteiger partial charge in [-0.05, 0) is 27.2 Å². The first-order valence-corrected chi connectivity index (χ1v) is 7.57. The van der Waals surface area contributed by atoms with Crippen LogP contribution in [0.3, 0.4) is 0 Å². The van der Waals surface area contributed by atoms with Crippen LogP contribution in [0.25, 0.3) is 11.2 Å². The molecule has 0 fully saturated rings. The van der Waals surface area contributed by atoms with Crippen LogP contribution in [0.1, 0.15) is 39.2 Å². The van der Waals surface area contributed by atoms with Gasteiger partial charge >= 0.3 is 0 Å². The molecule has 0 unspecified atom stereocenters. The highest BCUT2D eigenvalue weighted by molar-refractivity contribution is 6.16. The largest absolute Gasteiger partial charge is 0.374 e. The normalized spacial score (nSPS) is 12.5. The van der Waals surface area contributed by atoms with Crippen molar-refractivity contribution < 1.29 is 4.74 Å². The number of hydrogen-bond donors (Lipinski definition) is 0. The number of nitrogens with zero attached hydrogens (tertiary/aromatic N) is 4. The third-order valence-electron chi connectivity index (χ3n) is 3.40. The topological polar surface area (TPSA) is 44.9 Å². The highest BCUT2D eigenvalue weighted by Crippen LogP contribution is 2.24. The molecule has 0 N–H and O–H groups in total. The maximum Gasteiger partial charge on any atom is 0.158 e. The fraction of sp³-hybridized carbons (Fsp3) is 0.714. The molecule has 112 valence electrons. The SMILES string of the molecule is CCOC(C)(C)Cn1c(CCl)nc2c(CC)nn(C)c21. The van der Waals surface area contributed by atoms with Gasteiger partial charge in [-0.2, -0.15) is 5.10 Å². The van der Waals surface area contributed by atoms with Gasteiger partial charge in [-0.25, -0.2) is 4.98 Å². The molecule has 20 heavy (non-hydrogen) atoms. The van der Waals surface area contributed by atoms with E-state index in [4.69, 9.17) is 16.3 Å². The second-order valence-corrected chi connectivity index (χ2v) is 5.80. The summed E-state index contributed by atoms with van der Waals surface area (Å²) in [7, 11) is 1.95. The summed E-state index contributed by atoms with van der Waals surface area (Å²) in [6.07, 6.45) is 0.866. The standard InChI is InChI=1S/C14H23ClN4O/c1-6-10-12-13(18(5)17-10)19(11(8-15)16-12)9-14(3,4)20-7-2/h6-9H2,1-5H3. The van der Waals surface area contributed by atoms with Gasteiger partial charge in [-0.1, -0.05) is 6.92 Å². The molecule has 2 aromatic heterocycles. The smallest absolute Gasteiger partial charge is 0.158 e. The summed E-state index contributed by atoms with van der Waals surface area (Å²) in [4.78, 5) is 4.66. The fourth-order valence-electron chi connectivity index (χ4n) is 2.61. The third-order valence-corrected chi connectivity index (χ3v) is 3.64. The van der Waals surface area contributed by atoms with Crippen molar-refractivity contribution in [3.05, 3.63) is 11.5 Å². The molecule has 2 rings (SSSR count). The van der Waals surface area contributed by atoms with Gasteiger partial charge in [0.05, 0.1) is 23.7 Å². The molecule has 0 aliphatic rings. The average Bonchev–Trinajstić information content (AvgIpc) is 2.87. The van der Waals surface area contributed by atoms with E-state index in [0.29, 0.717) is 19.0 Å². The number of fused-ring (bicyclic) bond motifs is 1. The van der Waals surface area contributed by atoms with Crippen molar-refractivity contribution in [2.45, 2.75) is 52.1 Å². The molecular weight excluding hydrogens is 276 g/mol. The summed E-state index contributed by atoms with van der Waals surface area (Å²) in [5.74, 6) is 1.26. The molecular formula is C14H23ClN4O. The Morgan fingerprint density at radius 1 is 1.30 bits per heavy atom.